The number of amides is 1. The van der Waals surface area contributed by atoms with Gasteiger partial charge in [-0.15, -0.1) is 11.3 Å². The van der Waals surface area contributed by atoms with Gasteiger partial charge in [0, 0.05) is 23.7 Å². The summed E-state index contributed by atoms with van der Waals surface area (Å²) < 4.78 is 11.7. The fraction of sp³-hybridized carbons (Fsp3) is 0.796. The number of Topliss-reactive ketones (excluding diaryl/α,β-unsaturated/α-hetero) is 2. The van der Waals surface area contributed by atoms with Crippen LogP contribution in [0.5, 0.6) is 0 Å². The Balaban J connectivity index is 0.00000585. The average Bonchev–Trinajstić information content (AvgIpc) is 3.61. The number of thiazole rings is 1. The summed E-state index contributed by atoms with van der Waals surface area (Å²) in [4.78, 5) is 72.0. The highest BCUT2D eigenvalue weighted by Gasteiger charge is 2.70. The van der Waals surface area contributed by atoms with E-state index in [1.54, 1.807) is 0 Å². The van der Waals surface area contributed by atoms with Crippen molar-refractivity contribution in [3.8, 4) is 0 Å². The molecule has 1 aromatic rings. The van der Waals surface area contributed by atoms with E-state index in [4.69, 9.17) is 9.47 Å². The molecule has 0 saturated heterocycles. The molecule has 0 bridgehead atoms. The number of aryl methyl sites for hydroxylation is 2. The Bertz CT molecular complexity index is 1940. The third kappa shape index (κ3) is 6.72. The number of nitrogens with one attached hydrogen (secondary N) is 1. The highest BCUT2D eigenvalue weighted by Crippen LogP contribution is 2.76. The van der Waals surface area contributed by atoms with E-state index in [-0.39, 0.29) is 88.9 Å². The topological polar surface area (TPSA) is 129 Å². The first-order chi connectivity index (χ1) is 26.8. The van der Waals surface area contributed by atoms with Crippen molar-refractivity contribution in [3.05, 3.63) is 26.7 Å². The van der Waals surface area contributed by atoms with E-state index < -0.39 is 16.4 Å². The number of hydrogen-bond donors (Lipinski definition) is 1. The van der Waals surface area contributed by atoms with Crippen LogP contribution in [0, 0.1) is 75.9 Å². The molecular weight excluding hydrogens is 761 g/mol. The highest BCUT2D eigenvalue weighted by atomic mass is 32.1. The molecule has 10 heteroatoms. The number of carbonyl (C=O) groups excluding carboxylic acids is 5. The summed E-state index contributed by atoms with van der Waals surface area (Å²) in [6.07, 6.45) is 8.04. The number of ether oxygens (including phenoxy) is 2. The Labute approximate surface area is 358 Å². The van der Waals surface area contributed by atoms with Gasteiger partial charge >= 0.3 is 5.97 Å². The smallest absolute Gasteiger partial charge is 0.310 e. The summed E-state index contributed by atoms with van der Waals surface area (Å²) in [7, 11) is 0. The molecule has 0 aliphatic heterocycles. The Morgan fingerprint density at radius 3 is 2.17 bits per heavy atom. The van der Waals surface area contributed by atoms with Gasteiger partial charge in [-0.05, 0) is 123 Å². The first-order valence-electron chi connectivity index (χ1n) is 22.2. The van der Waals surface area contributed by atoms with Crippen LogP contribution in [0.2, 0.25) is 0 Å². The van der Waals surface area contributed by atoms with Crippen LogP contribution in [0.4, 0.5) is 0 Å². The monoisotopic (exact) mass is 835 g/mol. The Morgan fingerprint density at radius 1 is 0.898 bits per heavy atom. The molecule has 9 nitrogen and oxygen atoms in total. The molecule has 328 valence electrons. The lowest BCUT2D eigenvalue weighted by Gasteiger charge is -2.72. The summed E-state index contributed by atoms with van der Waals surface area (Å²) in [5.74, 6) is 0.546. The van der Waals surface area contributed by atoms with Crippen LogP contribution in [0.25, 0.3) is 0 Å². The molecule has 0 spiro atoms. The lowest BCUT2D eigenvalue weighted by Crippen LogP contribution is -2.67. The normalized spacial score (nSPS) is 38.1. The van der Waals surface area contributed by atoms with Gasteiger partial charge in [-0.25, -0.2) is 4.98 Å². The zero-order valence-corrected chi connectivity index (χ0v) is 38.4. The van der Waals surface area contributed by atoms with Gasteiger partial charge in [-0.3, -0.25) is 24.0 Å². The molecule has 6 aliphatic rings. The number of allylic oxidation sites excluding steroid dienone is 1. The van der Waals surface area contributed by atoms with Crippen molar-refractivity contribution in [2.45, 2.75) is 186 Å². The third-order valence-corrected chi connectivity index (χ3v) is 19.2. The predicted octanol–water partition coefficient (Wildman–Crippen LogP) is 10.3. The third-order valence-electron chi connectivity index (χ3n) is 18.0. The van der Waals surface area contributed by atoms with Crippen LogP contribution >= 0.6 is 11.3 Å². The van der Waals surface area contributed by atoms with E-state index >= 15 is 0 Å². The summed E-state index contributed by atoms with van der Waals surface area (Å²) in [5.41, 5.74) is 0.449. The van der Waals surface area contributed by atoms with E-state index in [0.29, 0.717) is 48.1 Å². The maximum Gasteiger partial charge on any atom is 0.310 e. The Hall–Kier alpha value is -2.88. The maximum atomic E-state index is 14.5. The summed E-state index contributed by atoms with van der Waals surface area (Å²) >= 11 is 1.39. The van der Waals surface area contributed by atoms with Gasteiger partial charge < -0.3 is 14.8 Å². The fourth-order valence-electron chi connectivity index (χ4n) is 14.5. The number of hydrogen-bond acceptors (Lipinski definition) is 9. The number of nitrogens with zero attached hydrogens (tertiary/aromatic N) is 1. The molecule has 1 aromatic heterocycles. The Kier molecular flexibility index (Phi) is 11.5. The molecule has 10 atom stereocenters. The van der Waals surface area contributed by atoms with E-state index in [2.05, 4.69) is 58.8 Å². The Morgan fingerprint density at radius 2 is 1.58 bits per heavy atom. The molecule has 0 radical (unpaired) electrons. The van der Waals surface area contributed by atoms with Crippen molar-refractivity contribution in [1.29, 1.82) is 0 Å². The van der Waals surface area contributed by atoms with Crippen LogP contribution < -0.4 is 5.32 Å². The molecule has 0 unspecified atom stereocenters. The molecule has 7 rings (SSSR count). The quantitative estimate of drug-likeness (QED) is 0.140. The van der Waals surface area contributed by atoms with E-state index in [0.717, 1.165) is 55.5 Å². The lowest BCUT2D eigenvalue weighted by molar-refractivity contribution is -0.236. The van der Waals surface area contributed by atoms with Crippen LogP contribution in [0.1, 0.15) is 175 Å². The van der Waals surface area contributed by atoms with E-state index in [9.17, 15) is 24.0 Å². The second kappa shape index (κ2) is 14.9. The van der Waals surface area contributed by atoms with Crippen LogP contribution in [-0.4, -0.2) is 52.6 Å². The molecule has 1 heterocycles. The zero-order valence-electron chi connectivity index (χ0n) is 37.6. The lowest BCUT2D eigenvalue weighted by atomic mass is 9.33. The SMILES string of the molecule is C.Cc1nc(C)c(C(=O)CC(C)(C)C(=O)N[C@@]23CC[C@]4(C)[C@H](CC[C@@H]5[C@@]6(C)CC[C@H](OC(=O)[C@H]7C[C@@H](OC=O)C7(C)C)C(C)(C)[C@@H]6CC[C@]54C)C2=C(C(C)C)C(=O)C3)s1. The van der Waals surface area contributed by atoms with Gasteiger partial charge in [0.1, 0.15) is 12.2 Å². The molecule has 1 N–H and O–H groups in total. The van der Waals surface area contributed by atoms with E-state index in [1.807, 2.05) is 41.5 Å². The maximum absolute atomic E-state index is 14.5. The minimum absolute atomic E-state index is 0. The molecule has 5 saturated carbocycles. The van der Waals surface area contributed by atoms with Gasteiger partial charge in [0.2, 0.25) is 5.91 Å². The molecular formula is C49H74N2O7S. The minimum Gasteiger partial charge on any atom is -0.464 e. The number of rotatable bonds is 10. The average molecular weight is 835 g/mol. The number of fused-ring (bicyclic) bond motifs is 7. The van der Waals surface area contributed by atoms with E-state index in [1.165, 1.54) is 16.9 Å². The van der Waals surface area contributed by atoms with Gasteiger partial charge in [0.25, 0.3) is 6.47 Å². The van der Waals surface area contributed by atoms with Gasteiger partial charge in [-0.2, -0.15) is 0 Å². The summed E-state index contributed by atoms with van der Waals surface area (Å²) in [6.45, 7) is 28.4. The second-order valence-corrected chi connectivity index (χ2v) is 23.7. The first kappa shape index (κ1) is 45.6. The molecule has 0 aromatic carbocycles. The van der Waals surface area contributed by atoms with Crippen molar-refractivity contribution in [1.82, 2.24) is 10.3 Å². The summed E-state index contributed by atoms with van der Waals surface area (Å²) in [5, 5.41) is 4.37. The minimum atomic E-state index is -0.969. The molecule has 6 aliphatic carbocycles. The second-order valence-electron chi connectivity index (χ2n) is 22.5. The number of carbonyl (C=O) groups is 5. The number of aromatic nitrogens is 1. The van der Waals surface area contributed by atoms with Crippen LogP contribution in [0.3, 0.4) is 0 Å². The number of ketones is 2. The van der Waals surface area contributed by atoms with Crippen LogP contribution in [0.15, 0.2) is 11.1 Å². The van der Waals surface area contributed by atoms with Crippen molar-refractivity contribution >= 4 is 41.3 Å². The van der Waals surface area contributed by atoms with Crippen molar-refractivity contribution in [3.63, 3.8) is 0 Å². The standard InChI is InChI=1S/C48H70N2O7S.CH4/c1-26(2)37-31(52)24-48(50-41(55)42(5,6)23-32(53)39-27(3)49-28(4)58-39)21-20-46(12)29(38(37)48)14-15-34-45(11)18-17-35(44(9,10)33(45)16-19-47(34,46)13)57-40(54)30-22-36(56-25-51)43(30,7)8;/h25-26,29-30,33-36H,14-24H2,1-13H3,(H,50,55);1H4/t29-,30-,33+,34-,35+,36-,45+,46-,47-,48-;/m1./s1. The zero-order chi connectivity index (χ0) is 42.8. The highest BCUT2D eigenvalue weighted by molar-refractivity contribution is 7.13. The molecule has 1 amide bonds. The van der Waals surface area contributed by atoms with Gasteiger partial charge in [0.05, 0.1) is 32.5 Å². The number of esters is 1. The molecule has 59 heavy (non-hydrogen) atoms. The molecule has 5 fully saturated rings. The van der Waals surface area contributed by atoms with Gasteiger partial charge in [0.15, 0.2) is 11.6 Å². The van der Waals surface area contributed by atoms with Crippen molar-refractivity contribution in [2.24, 2.45) is 62.1 Å². The predicted molar refractivity (Wildman–Crippen MR) is 232 cm³/mol. The fourth-order valence-corrected chi connectivity index (χ4v) is 15.3. The van der Waals surface area contributed by atoms with Crippen molar-refractivity contribution in [2.75, 3.05) is 0 Å². The summed E-state index contributed by atoms with van der Waals surface area (Å²) in [6, 6.07) is 0. The van der Waals surface area contributed by atoms with Crippen LogP contribution in [-0.2, 0) is 28.7 Å². The first-order valence-corrected chi connectivity index (χ1v) is 23.0. The largest absolute Gasteiger partial charge is 0.464 e. The van der Waals surface area contributed by atoms with Gasteiger partial charge in [-0.1, -0.05) is 83.6 Å². The van der Waals surface area contributed by atoms with Crippen molar-refractivity contribution < 1.29 is 33.4 Å².